The normalized spacial score (nSPS) is 9.32. The molecule has 1 radical (unpaired) electrons. The van der Waals surface area contributed by atoms with Crippen molar-refractivity contribution in [2.45, 2.75) is 6.92 Å². The molecule has 0 saturated carbocycles. The standard InChI is InChI=1S/C15H15NO2.Na/c1-2-18-15(17)16(13-9-5-3-6-10-13)14-11-7-4-8-12-14;/h3-12H,2H2,1H3;. The van der Waals surface area contributed by atoms with Crippen molar-refractivity contribution >= 4 is 47.0 Å². The molecule has 2 aromatic carbocycles. The smallest absolute Gasteiger partial charge is 0.418 e. The quantitative estimate of drug-likeness (QED) is 0.793. The monoisotopic (exact) mass is 264 g/mol. The molecular formula is C15H15NNaO2. The van der Waals surface area contributed by atoms with Gasteiger partial charge in [0, 0.05) is 29.6 Å². The first-order valence-corrected chi connectivity index (χ1v) is 5.90. The van der Waals surface area contributed by atoms with Gasteiger partial charge in [-0.15, -0.1) is 0 Å². The van der Waals surface area contributed by atoms with Crippen molar-refractivity contribution in [1.82, 2.24) is 0 Å². The van der Waals surface area contributed by atoms with E-state index >= 15 is 0 Å². The first-order chi connectivity index (χ1) is 8.83. The Bertz CT molecular complexity index is 463. The molecule has 0 aliphatic heterocycles. The molecule has 0 aromatic heterocycles. The second-order valence-electron chi connectivity index (χ2n) is 3.71. The van der Waals surface area contributed by atoms with Crippen LogP contribution in [0.2, 0.25) is 0 Å². The number of amides is 1. The molecule has 0 atom stereocenters. The topological polar surface area (TPSA) is 29.5 Å². The van der Waals surface area contributed by atoms with Crippen LogP contribution in [0, 0.1) is 0 Å². The van der Waals surface area contributed by atoms with E-state index in [9.17, 15) is 4.79 Å². The molecule has 4 heteroatoms. The van der Waals surface area contributed by atoms with Crippen LogP contribution in [-0.4, -0.2) is 42.3 Å². The summed E-state index contributed by atoms with van der Waals surface area (Å²) in [4.78, 5) is 13.6. The van der Waals surface area contributed by atoms with Crippen LogP contribution in [0.3, 0.4) is 0 Å². The molecule has 2 rings (SSSR count). The third-order valence-corrected chi connectivity index (χ3v) is 2.48. The van der Waals surface area contributed by atoms with Gasteiger partial charge in [-0.3, -0.25) is 0 Å². The number of rotatable bonds is 3. The Labute approximate surface area is 135 Å². The third-order valence-electron chi connectivity index (χ3n) is 2.48. The van der Waals surface area contributed by atoms with E-state index in [-0.39, 0.29) is 35.7 Å². The second-order valence-corrected chi connectivity index (χ2v) is 3.71. The van der Waals surface area contributed by atoms with Crippen molar-refractivity contribution in [3.05, 3.63) is 60.7 Å². The zero-order valence-electron chi connectivity index (χ0n) is 11.2. The summed E-state index contributed by atoms with van der Waals surface area (Å²) in [6, 6.07) is 18.9. The molecule has 93 valence electrons. The number of carbonyl (C=O) groups is 1. The van der Waals surface area contributed by atoms with Crippen LogP contribution in [0.1, 0.15) is 6.92 Å². The number of hydrogen-bond acceptors (Lipinski definition) is 2. The fourth-order valence-corrected chi connectivity index (χ4v) is 1.70. The maximum absolute atomic E-state index is 12.0. The van der Waals surface area contributed by atoms with Crippen molar-refractivity contribution in [3.8, 4) is 0 Å². The summed E-state index contributed by atoms with van der Waals surface area (Å²) < 4.78 is 5.10. The Hall–Kier alpha value is -1.29. The summed E-state index contributed by atoms with van der Waals surface area (Å²) in [6.07, 6.45) is -0.366. The molecule has 0 fully saturated rings. The Morgan fingerprint density at radius 1 is 0.947 bits per heavy atom. The molecule has 0 saturated heterocycles. The number of anilines is 2. The van der Waals surface area contributed by atoms with E-state index in [0.29, 0.717) is 6.61 Å². The van der Waals surface area contributed by atoms with Crippen molar-refractivity contribution in [1.29, 1.82) is 0 Å². The molecule has 0 N–H and O–H groups in total. The van der Waals surface area contributed by atoms with Gasteiger partial charge in [-0.25, -0.2) is 9.69 Å². The molecule has 1 amide bonds. The van der Waals surface area contributed by atoms with Crippen molar-refractivity contribution in [2.75, 3.05) is 11.5 Å². The largest absolute Gasteiger partial charge is 0.449 e. The van der Waals surface area contributed by atoms with Crippen LogP contribution in [0.4, 0.5) is 16.2 Å². The first-order valence-electron chi connectivity index (χ1n) is 5.90. The maximum Gasteiger partial charge on any atom is 0.418 e. The molecule has 0 unspecified atom stereocenters. The molecule has 19 heavy (non-hydrogen) atoms. The van der Waals surface area contributed by atoms with E-state index in [1.165, 1.54) is 0 Å². The zero-order chi connectivity index (χ0) is 12.8. The number of hydrogen-bond donors (Lipinski definition) is 0. The fraction of sp³-hybridized carbons (Fsp3) is 0.133. The fourth-order valence-electron chi connectivity index (χ4n) is 1.70. The molecule has 0 spiro atoms. The number of benzene rings is 2. The molecule has 0 heterocycles. The van der Waals surface area contributed by atoms with Crippen molar-refractivity contribution < 1.29 is 9.53 Å². The van der Waals surface area contributed by atoms with Gasteiger partial charge in [0.05, 0.1) is 18.0 Å². The van der Waals surface area contributed by atoms with Crippen LogP contribution >= 0.6 is 0 Å². The van der Waals surface area contributed by atoms with E-state index in [1.807, 2.05) is 60.7 Å². The Morgan fingerprint density at radius 3 is 1.74 bits per heavy atom. The van der Waals surface area contributed by atoms with Gasteiger partial charge in [0.1, 0.15) is 0 Å². The minimum absolute atomic E-state index is 0. The van der Waals surface area contributed by atoms with Gasteiger partial charge in [0.2, 0.25) is 0 Å². The molecular weight excluding hydrogens is 249 g/mol. The average molecular weight is 264 g/mol. The molecule has 3 nitrogen and oxygen atoms in total. The summed E-state index contributed by atoms with van der Waals surface area (Å²) >= 11 is 0. The predicted molar refractivity (Wildman–Crippen MR) is 77.8 cm³/mol. The van der Waals surface area contributed by atoms with Gasteiger partial charge in [-0.1, -0.05) is 36.4 Å². The zero-order valence-corrected chi connectivity index (χ0v) is 13.2. The Balaban J connectivity index is 0.00000180. The predicted octanol–water partition coefficient (Wildman–Crippen LogP) is 3.60. The summed E-state index contributed by atoms with van der Waals surface area (Å²) in [6.45, 7) is 2.15. The van der Waals surface area contributed by atoms with E-state index in [2.05, 4.69) is 0 Å². The van der Waals surface area contributed by atoms with Crippen molar-refractivity contribution in [2.24, 2.45) is 0 Å². The number of carbonyl (C=O) groups excluding carboxylic acids is 1. The third kappa shape index (κ3) is 4.10. The first kappa shape index (κ1) is 15.8. The molecule has 0 aliphatic rings. The summed E-state index contributed by atoms with van der Waals surface area (Å²) in [5.41, 5.74) is 1.59. The van der Waals surface area contributed by atoms with Gasteiger partial charge in [-0.2, -0.15) is 0 Å². The average Bonchev–Trinajstić information content (AvgIpc) is 2.42. The van der Waals surface area contributed by atoms with Gasteiger partial charge in [-0.05, 0) is 31.2 Å². The minimum atomic E-state index is -0.366. The minimum Gasteiger partial charge on any atom is -0.449 e. The Kier molecular flexibility index (Phi) is 6.64. The SMILES string of the molecule is CCOC(=O)N(c1ccccc1)c1ccccc1.[Na]. The van der Waals surface area contributed by atoms with E-state index in [4.69, 9.17) is 4.74 Å². The van der Waals surface area contributed by atoms with Crippen LogP contribution in [-0.2, 0) is 4.74 Å². The van der Waals surface area contributed by atoms with Crippen LogP contribution in [0.15, 0.2) is 60.7 Å². The summed E-state index contributed by atoms with van der Waals surface area (Å²) in [7, 11) is 0. The van der Waals surface area contributed by atoms with Gasteiger partial charge < -0.3 is 4.74 Å². The molecule has 2 aromatic rings. The van der Waals surface area contributed by atoms with Gasteiger partial charge in [0.25, 0.3) is 0 Å². The van der Waals surface area contributed by atoms with Gasteiger partial charge in [0.15, 0.2) is 0 Å². The van der Waals surface area contributed by atoms with Crippen LogP contribution in [0.25, 0.3) is 0 Å². The van der Waals surface area contributed by atoms with Crippen LogP contribution in [0.5, 0.6) is 0 Å². The Morgan fingerprint density at radius 2 is 1.37 bits per heavy atom. The number of para-hydroxylation sites is 2. The van der Waals surface area contributed by atoms with E-state index in [1.54, 1.807) is 11.8 Å². The van der Waals surface area contributed by atoms with Crippen LogP contribution < -0.4 is 4.90 Å². The number of ether oxygens (including phenoxy) is 1. The maximum atomic E-state index is 12.0. The van der Waals surface area contributed by atoms with E-state index < -0.39 is 0 Å². The second kappa shape index (κ2) is 8.00. The van der Waals surface area contributed by atoms with Gasteiger partial charge >= 0.3 is 6.09 Å². The van der Waals surface area contributed by atoms with Crippen molar-refractivity contribution in [3.63, 3.8) is 0 Å². The summed E-state index contributed by atoms with van der Waals surface area (Å²) in [5.74, 6) is 0. The number of nitrogens with zero attached hydrogens (tertiary/aromatic N) is 1. The van der Waals surface area contributed by atoms with E-state index in [0.717, 1.165) is 11.4 Å². The molecule has 0 aliphatic carbocycles. The summed E-state index contributed by atoms with van der Waals surface area (Å²) in [5, 5.41) is 0. The molecule has 0 bridgehead atoms.